The zero-order valence-corrected chi connectivity index (χ0v) is 10.4. The molecule has 0 amide bonds. The lowest BCUT2D eigenvalue weighted by Gasteiger charge is -2.22. The van der Waals surface area contributed by atoms with E-state index in [0.717, 1.165) is 22.7 Å². The van der Waals surface area contributed by atoms with Gasteiger partial charge < -0.3 is 10.0 Å². The van der Waals surface area contributed by atoms with Crippen LogP contribution in [0.15, 0.2) is 9.98 Å². The smallest absolute Gasteiger partial charge is 0.186 e. The minimum atomic E-state index is 0.282. The van der Waals surface area contributed by atoms with Crippen LogP contribution in [0.2, 0.25) is 0 Å². The van der Waals surface area contributed by atoms with Crippen LogP contribution in [0.4, 0.5) is 5.13 Å². The van der Waals surface area contributed by atoms with Crippen LogP contribution in [-0.2, 0) is 0 Å². The molecule has 1 aromatic heterocycles. The molecule has 14 heavy (non-hydrogen) atoms. The molecule has 0 radical (unpaired) electrons. The number of nitrogens with zero attached hydrogens (tertiary/aromatic N) is 2. The van der Waals surface area contributed by atoms with Crippen molar-refractivity contribution < 1.29 is 5.11 Å². The summed E-state index contributed by atoms with van der Waals surface area (Å²) in [6.45, 7) is 3.44. The molecule has 0 aromatic carbocycles. The van der Waals surface area contributed by atoms with Crippen molar-refractivity contribution in [1.82, 2.24) is 4.98 Å². The summed E-state index contributed by atoms with van der Waals surface area (Å²) < 4.78 is 0.900. The molecule has 0 saturated carbocycles. The molecule has 3 nitrogen and oxygen atoms in total. The molecule has 2 atom stereocenters. The third-order valence-corrected chi connectivity index (χ3v) is 4.45. The molecule has 1 saturated heterocycles. The van der Waals surface area contributed by atoms with Gasteiger partial charge in [0.05, 0.1) is 0 Å². The summed E-state index contributed by atoms with van der Waals surface area (Å²) in [5, 5.41) is 12.2. The quantitative estimate of drug-likeness (QED) is 0.899. The Labute approximate surface area is 95.9 Å². The van der Waals surface area contributed by atoms with E-state index < -0.39 is 0 Å². The van der Waals surface area contributed by atoms with Crippen LogP contribution in [0.1, 0.15) is 13.3 Å². The second kappa shape index (κ2) is 4.16. The first kappa shape index (κ1) is 10.4. The Morgan fingerprint density at radius 2 is 2.57 bits per heavy atom. The number of aliphatic hydroxyl groups is 1. The van der Waals surface area contributed by atoms with Crippen molar-refractivity contribution >= 4 is 32.4 Å². The van der Waals surface area contributed by atoms with E-state index in [2.05, 4.69) is 32.7 Å². The van der Waals surface area contributed by atoms with Crippen LogP contribution in [0.3, 0.4) is 0 Å². The van der Waals surface area contributed by atoms with Crippen LogP contribution < -0.4 is 4.90 Å². The second-order valence-electron chi connectivity index (χ2n) is 3.62. The van der Waals surface area contributed by atoms with Gasteiger partial charge in [-0.25, -0.2) is 4.98 Å². The topological polar surface area (TPSA) is 36.4 Å². The van der Waals surface area contributed by atoms with E-state index in [4.69, 9.17) is 5.11 Å². The zero-order chi connectivity index (χ0) is 10.1. The fourth-order valence-electron chi connectivity index (χ4n) is 1.90. The van der Waals surface area contributed by atoms with E-state index in [-0.39, 0.29) is 6.61 Å². The Balaban J connectivity index is 2.13. The zero-order valence-electron chi connectivity index (χ0n) is 7.98. The van der Waals surface area contributed by atoms with Gasteiger partial charge in [0, 0.05) is 30.5 Å². The first-order valence-corrected chi connectivity index (χ1v) is 6.38. The lowest BCUT2D eigenvalue weighted by Crippen LogP contribution is -2.30. The number of rotatable bonds is 2. The predicted molar refractivity (Wildman–Crippen MR) is 61.8 cm³/mol. The summed E-state index contributed by atoms with van der Waals surface area (Å²) in [4.78, 5) is 6.67. The molecule has 0 spiro atoms. The van der Waals surface area contributed by atoms with Crippen molar-refractivity contribution in [2.24, 2.45) is 5.92 Å². The van der Waals surface area contributed by atoms with Crippen LogP contribution >= 0.6 is 27.3 Å². The molecule has 78 valence electrons. The van der Waals surface area contributed by atoms with E-state index in [1.165, 1.54) is 0 Å². The maximum absolute atomic E-state index is 9.15. The second-order valence-corrected chi connectivity index (χ2v) is 5.27. The SMILES string of the molecule is CC1C(CO)CCN1c1nc(Br)cs1. The maximum Gasteiger partial charge on any atom is 0.186 e. The Bertz CT molecular complexity index is 318. The van der Waals surface area contributed by atoms with Gasteiger partial charge in [-0.3, -0.25) is 0 Å². The maximum atomic E-state index is 9.15. The number of thiazole rings is 1. The number of hydrogen-bond acceptors (Lipinski definition) is 4. The molecule has 1 aliphatic rings. The standard InChI is InChI=1S/C9H13BrN2OS/c1-6-7(4-13)2-3-12(6)9-11-8(10)5-14-9/h5-7,13H,2-4H2,1H3. The van der Waals surface area contributed by atoms with Gasteiger partial charge in [-0.1, -0.05) is 0 Å². The van der Waals surface area contributed by atoms with Crippen molar-refractivity contribution in [2.45, 2.75) is 19.4 Å². The average Bonchev–Trinajstić information content (AvgIpc) is 2.72. The summed E-state index contributed by atoms with van der Waals surface area (Å²) in [5.41, 5.74) is 0. The van der Waals surface area contributed by atoms with E-state index in [9.17, 15) is 0 Å². The Kier molecular flexibility index (Phi) is 3.09. The fourth-order valence-corrected chi connectivity index (χ4v) is 3.26. The third kappa shape index (κ3) is 1.81. The molecular weight excluding hydrogens is 264 g/mol. The van der Waals surface area contributed by atoms with E-state index in [1.54, 1.807) is 11.3 Å². The monoisotopic (exact) mass is 276 g/mol. The van der Waals surface area contributed by atoms with Gasteiger partial charge in [0.2, 0.25) is 0 Å². The molecule has 0 aliphatic carbocycles. The minimum Gasteiger partial charge on any atom is -0.396 e. The Hall–Kier alpha value is -0.130. The average molecular weight is 277 g/mol. The summed E-state index contributed by atoms with van der Waals surface area (Å²) in [5.74, 6) is 0.401. The van der Waals surface area contributed by atoms with Gasteiger partial charge in [0.25, 0.3) is 0 Å². The first-order valence-electron chi connectivity index (χ1n) is 4.71. The highest BCUT2D eigenvalue weighted by atomic mass is 79.9. The fraction of sp³-hybridized carbons (Fsp3) is 0.667. The predicted octanol–water partition coefficient (Wildman–Crippen LogP) is 2.11. The lowest BCUT2D eigenvalue weighted by atomic mass is 10.0. The van der Waals surface area contributed by atoms with E-state index >= 15 is 0 Å². The highest BCUT2D eigenvalue weighted by Gasteiger charge is 2.31. The third-order valence-electron chi connectivity index (χ3n) is 2.86. The number of halogens is 1. The van der Waals surface area contributed by atoms with Gasteiger partial charge in [-0.2, -0.15) is 0 Å². The van der Waals surface area contributed by atoms with Gasteiger partial charge >= 0.3 is 0 Å². The van der Waals surface area contributed by atoms with Gasteiger partial charge in [0.15, 0.2) is 5.13 Å². The molecule has 5 heteroatoms. The van der Waals surface area contributed by atoms with Crippen LogP contribution in [0.5, 0.6) is 0 Å². The van der Waals surface area contributed by atoms with Crippen molar-refractivity contribution in [3.63, 3.8) is 0 Å². The van der Waals surface area contributed by atoms with Crippen molar-refractivity contribution in [2.75, 3.05) is 18.1 Å². The first-order chi connectivity index (χ1) is 6.72. The number of anilines is 1. The summed E-state index contributed by atoms with van der Waals surface area (Å²) >= 11 is 5.00. The molecule has 2 unspecified atom stereocenters. The van der Waals surface area contributed by atoms with Gasteiger partial charge in [0.1, 0.15) is 4.60 Å². The number of aliphatic hydroxyl groups excluding tert-OH is 1. The largest absolute Gasteiger partial charge is 0.396 e. The Morgan fingerprint density at radius 1 is 1.79 bits per heavy atom. The van der Waals surface area contributed by atoms with Crippen LogP contribution in [0, 0.1) is 5.92 Å². The number of hydrogen-bond donors (Lipinski definition) is 1. The highest BCUT2D eigenvalue weighted by molar-refractivity contribution is 9.10. The molecule has 1 N–H and O–H groups in total. The Morgan fingerprint density at radius 3 is 3.07 bits per heavy atom. The molecule has 1 fully saturated rings. The molecule has 2 heterocycles. The van der Waals surface area contributed by atoms with Crippen molar-refractivity contribution in [1.29, 1.82) is 0 Å². The van der Waals surface area contributed by atoms with E-state index in [0.29, 0.717) is 12.0 Å². The van der Waals surface area contributed by atoms with Crippen LogP contribution in [0.25, 0.3) is 0 Å². The summed E-state index contributed by atoms with van der Waals surface area (Å²) in [6, 6.07) is 0.401. The van der Waals surface area contributed by atoms with Crippen LogP contribution in [-0.4, -0.2) is 29.3 Å². The number of aromatic nitrogens is 1. The molecule has 2 rings (SSSR count). The lowest BCUT2D eigenvalue weighted by molar-refractivity contribution is 0.221. The summed E-state index contributed by atoms with van der Waals surface area (Å²) in [6.07, 6.45) is 1.06. The normalized spacial score (nSPS) is 27.2. The minimum absolute atomic E-state index is 0.282. The van der Waals surface area contributed by atoms with Gasteiger partial charge in [-0.05, 0) is 29.3 Å². The molecule has 0 bridgehead atoms. The van der Waals surface area contributed by atoms with Gasteiger partial charge in [-0.15, -0.1) is 11.3 Å². The van der Waals surface area contributed by atoms with Crippen molar-refractivity contribution in [3.05, 3.63) is 9.98 Å². The molecular formula is C9H13BrN2OS. The van der Waals surface area contributed by atoms with Crippen molar-refractivity contribution in [3.8, 4) is 0 Å². The molecule has 1 aromatic rings. The highest BCUT2D eigenvalue weighted by Crippen LogP contribution is 2.32. The summed E-state index contributed by atoms with van der Waals surface area (Å²) in [7, 11) is 0. The molecule has 1 aliphatic heterocycles. The van der Waals surface area contributed by atoms with E-state index in [1.807, 2.05) is 5.38 Å².